The van der Waals surface area contributed by atoms with Crippen molar-refractivity contribution in [2.45, 2.75) is 13.3 Å². The quantitative estimate of drug-likeness (QED) is 0.495. The first-order chi connectivity index (χ1) is 14.6. The number of rotatable bonds is 6. The maximum Gasteiger partial charge on any atom is 0.224 e. The van der Waals surface area contributed by atoms with Gasteiger partial charge < -0.3 is 10.1 Å². The average Bonchev–Trinajstić information content (AvgIpc) is 3.23. The zero-order valence-corrected chi connectivity index (χ0v) is 16.6. The monoisotopic (exact) mass is 400 g/mol. The molecular formula is C23H20N4O3. The molecule has 2 aromatic heterocycles. The maximum absolute atomic E-state index is 13.0. The smallest absolute Gasteiger partial charge is 0.224 e. The van der Waals surface area contributed by atoms with Gasteiger partial charge in [-0.3, -0.25) is 14.0 Å². The molecule has 1 amide bonds. The summed E-state index contributed by atoms with van der Waals surface area (Å²) in [6, 6.07) is 16.2. The number of fused-ring (bicyclic) bond motifs is 1. The van der Waals surface area contributed by atoms with Crippen LogP contribution < -0.4 is 10.1 Å². The molecule has 0 saturated heterocycles. The Morgan fingerprint density at radius 1 is 1.07 bits per heavy atom. The number of benzene rings is 2. The highest BCUT2D eigenvalue weighted by Gasteiger charge is 2.18. The zero-order valence-electron chi connectivity index (χ0n) is 16.6. The number of hydrogen-bond donors (Lipinski definition) is 1. The Labute approximate surface area is 173 Å². The van der Waals surface area contributed by atoms with Crippen LogP contribution >= 0.6 is 0 Å². The van der Waals surface area contributed by atoms with Gasteiger partial charge in [0.25, 0.3) is 0 Å². The van der Waals surface area contributed by atoms with Gasteiger partial charge in [0, 0.05) is 29.4 Å². The molecule has 7 heteroatoms. The van der Waals surface area contributed by atoms with Crippen molar-refractivity contribution in [3.05, 3.63) is 78.4 Å². The number of ether oxygens (including phenoxy) is 1. The molecule has 4 aromatic rings. The van der Waals surface area contributed by atoms with E-state index < -0.39 is 0 Å². The van der Waals surface area contributed by atoms with Crippen LogP contribution in [-0.4, -0.2) is 33.2 Å². The van der Waals surface area contributed by atoms with E-state index in [0.717, 1.165) is 11.3 Å². The van der Waals surface area contributed by atoms with Gasteiger partial charge in [0.1, 0.15) is 12.1 Å². The summed E-state index contributed by atoms with van der Waals surface area (Å²) in [5, 5.41) is 2.86. The zero-order chi connectivity index (χ0) is 21.1. The van der Waals surface area contributed by atoms with E-state index in [1.165, 1.54) is 0 Å². The van der Waals surface area contributed by atoms with Gasteiger partial charge in [-0.15, -0.1) is 0 Å². The number of aromatic nitrogens is 3. The van der Waals surface area contributed by atoms with Crippen molar-refractivity contribution in [2.24, 2.45) is 0 Å². The standard InChI is InChI=1S/C23H20N4O3/c1-3-20(28)26-17-6-4-5-16(13-17)19-11-12-24-23-21(25-14-27(19)23)22(29)15-7-9-18(30-2)10-8-15/h4-14H,3H2,1-2H3,(H,26,28). The topological polar surface area (TPSA) is 85.6 Å². The van der Waals surface area contributed by atoms with Crippen LogP contribution in [0, 0.1) is 0 Å². The van der Waals surface area contributed by atoms with E-state index in [4.69, 9.17) is 4.74 Å². The fourth-order valence-electron chi connectivity index (χ4n) is 3.18. The Kier molecular flexibility index (Phi) is 5.26. The van der Waals surface area contributed by atoms with Gasteiger partial charge in [-0.25, -0.2) is 9.97 Å². The lowest BCUT2D eigenvalue weighted by Crippen LogP contribution is -2.09. The van der Waals surface area contributed by atoms with Gasteiger partial charge in [0.2, 0.25) is 11.7 Å². The molecule has 0 aliphatic rings. The number of methoxy groups -OCH3 is 1. The van der Waals surface area contributed by atoms with Gasteiger partial charge in [0.05, 0.1) is 12.8 Å². The lowest BCUT2D eigenvalue weighted by Gasteiger charge is -2.09. The lowest BCUT2D eigenvalue weighted by atomic mass is 10.1. The molecule has 30 heavy (non-hydrogen) atoms. The molecule has 0 radical (unpaired) electrons. The first kappa shape index (κ1) is 19.3. The maximum atomic E-state index is 13.0. The Bertz CT molecular complexity index is 1230. The second kappa shape index (κ2) is 8.16. The number of imidazole rings is 1. The molecule has 0 aliphatic carbocycles. The predicted octanol–water partition coefficient (Wildman–Crippen LogP) is 3.98. The molecule has 150 valence electrons. The number of nitrogens with one attached hydrogen (secondary N) is 1. The highest BCUT2D eigenvalue weighted by Crippen LogP contribution is 2.25. The Balaban J connectivity index is 1.73. The van der Waals surface area contributed by atoms with Gasteiger partial charge >= 0.3 is 0 Å². The van der Waals surface area contributed by atoms with Gasteiger partial charge in [-0.05, 0) is 42.5 Å². The highest BCUT2D eigenvalue weighted by atomic mass is 16.5. The summed E-state index contributed by atoms with van der Waals surface area (Å²) in [4.78, 5) is 33.4. The van der Waals surface area contributed by atoms with E-state index in [0.29, 0.717) is 29.1 Å². The fraction of sp³-hybridized carbons (Fsp3) is 0.130. The number of carbonyl (C=O) groups is 2. The molecule has 0 aliphatic heterocycles. The van der Waals surface area contributed by atoms with Crippen molar-refractivity contribution < 1.29 is 14.3 Å². The molecule has 0 unspecified atom stereocenters. The van der Waals surface area contributed by atoms with Crippen molar-refractivity contribution in [1.82, 2.24) is 14.4 Å². The highest BCUT2D eigenvalue weighted by molar-refractivity contribution is 6.11. The van der Waals surface area contributed by atoms with Crippen LogP contribution in [0.15, 0.2) is 67.1 Å². The number of hydrogen-bond acceptors (Lipinski definition) is 5. The SMILES string of the molecule is CCC(=O)Nc1cccc(-c2ccnc3c(C(=O)c4ccc(OC)cc4)ncn23)c1. The minimum absolute atomic E-state index is 0.0537. The number of carbonyl (C=O) groups excluding carboxylic acids is 2. The summed E-state index contributed by atoms with van der Waals surface area (Å²) >= 11 is 0. The molecule has 0 fully saturated rings. The minimum atomic E-state index is -0.214. The summed E-state index contributed by atoms with van der Waals surface area (Å²) in [7, 11) is 1.58. The summed E-state index contributed by atoms with van der Waals surface area (Å²) < 4.78 is 6.92. The summed E-state index contributed by atoms with van der Waals surface area (Å²) in [6.07, 6.45) is 3.64. The number of nitrogens with zero attached hydrogens (tertiary/aromatic N) is 3. The van der Waals surface area contributed by atoms with E-state index in [2.05, 4.69) is 15.3 Å². The van der Waals surface area contributed by atoms with Crippen molar-refractivity contribution in [2.75, 3.05) is 12.4 Å². The van der Waals surface area contributed by atoms with Gasteiger partial charge in [-0.2, -0.15) is 0 Å². The molecule has 2 heterocycles. The fourth-order valence-corrected chi connectivity index (χ4v) is 3.18. The predicted molar refractivity (Wildman–Crippen MR) is 114 cm³/mol. The van der Waals surface area contributed by atoms with Gasteiger partial charge in [-0.1, -0.05) is 19.1 Å². The van der Waals surface area contributed by atoms with Crippen molar-refractivity contribution in [1.29, 1.82) is 0 Å². The first-order valence-corrected chi connectivity index (χ1v) is 9.52. The molecule has 1 N–H and O–H groups in total. The van der Waals surface area contributed by atoms with Crippen LogP contribution in [0.5, 0.6) is 5.75 Å². The average molecular weight is 400 g/mol. The second-order valence-corrected chi connectivity index (χ2v) is 6.66. The molecular weight excluding hydrogens is 380 g/mol. The van der Waals surface area contributed by atoms with Crippen molar-refractivity contribution in [3.63, 3.8) is 0 Å². The third-order valence-corrected chi connectivity index (χ3v) is 4.76. The number of ketones is 1. The molecule has 0 saturated carbocycles. The molecule has 7 nitrogen and oxygen atoms in total. The summed E-state index contributed by atoms with van der Waals surface area (Å²) in [6.45, 7) is 1.80. The second-order valence-electron chi connectivity index (χ2n) is 6.66. The van der Waals surface area contributed by atoms with Crippen LogP contribution in [0.4, 0.5) is 5.69 Å². The van der Waals surface area contributed by atoms with E-state index in [1.807, 2.05) is 30.3 Å². The van der Waals surface area contributed by atoms with E-state index in [-0.39, 0.29) is 17.4 Å². The van der Waals surface area contributed by atoms with Crippen LogP contribution in [0.2, 0.25) is 0 Å². The number of amides is 1. The Hall–Kier alpha value is -4.00. The first-order valence-electron chi connectivity index (χ1n) is 9.52. The molecule has 4 rings (SSSR count). The minimum Gasteiger partial charge on any atom is -0.497 e. The molecule has 0 bridgehead atoms. The Morgan fingerprint density at radius 3 is 2.60 bits per heavy atom. The largest absolute Gasteiger partial charge is 0.497 e. The summed E-state index contributed by atoms with van der Waals surface area (Å²) in [5.74, 6) is 0.410. The molecule has 2 aromatic carbocycles. The van der Waals surface area contributed by atoms with Crippen LogP contribution in [0.1, 0.15) is 29.4 Å². The molecule has 0 spiro atoms. The van der Waals surface area contributed by atoms with E-state index in [1.54, 1.807) is 55.2 Å². The van der Waals surface area contributed by atoms with E-state index in [9.17, 15) is 9.59 Å². The van der Waals surface area contributed by atoms with Gasteiger partial charge in [0.15, 0.2) is 11.3 Å². The van der Waals surface area contributed by atoms with Crippen molar-refractivity contribution >= 4 is 23.0 Å². The van der Waals surface area contributed by atoms with Crippen molar-refractivity contribution in [3.8, 4) is 17.0 Å². The molecule has 0 atom stereocenters. The summed E-state index contributed by atoms with van der Waals surface area (Å²) in [5.41, 5.74) is 3.65. The van der Waals surface area contributed by atoms with Crippen LogP contribution in [-0.2, 0) is 4.79 Å². The third-order valence-electron chi connectivity index (χ3n) is 4.76. The van der Waals surface area contributed by atoms with Crippen LogP contribution in [0.3, 0.4) is 0 Å². The van der Waals surface area contributed by atoms with E-state index >= 15 is 0 Å². The Morgan fingerprint density at radius 2 is 1.87 bits per heavy atom. The normalized spacial score (nSPS) is 10.7. The van der Waals surface area contributed by atoms with Crippen LogP contribution in [0.25, 0.3) is 16.9 Å². The third kappa shape index (κ3) is 3.65. The number of anilines is 1. The lowest BCUT2D eigenvalue weighted by molar-refractivity contribution is -0.115.